The van der Waals surface area contributed by atoms with Crippen molar-refractivity contribution >= 4 is 11.8 Å². The summed E-state index contributed by atoms with van der Waals surface area (Å²) in [6.07, 6.45) is 2.23. The number of nitrogens with zero attached hydrogens (tertiary/aromatic N) is 1. The zero-order chi connectivity index (χ0) is 22.1. The minimum atomic E-state index is -0.592. The number of hydrogen-bond donors (Lipinski definition) is 1. The average molecular weight is 421 g/mol. The Hall–Kier alpha value is -2.82. The van der Waals surface area contributed by atoms with Crippen LogP contribution in [-0.4, -0.2) is 35.4 Å². The largest absolute Gasteiger partial charge is 0.481 e. The smallest absolute Gasteiger partial charge is 0.260 e. The third-order valence-corrected chi connectivity index (χ3v) is 6.06. The summed E-state index contributed by atoms with van der Waals surface area (Å²) in [7, 11) is 0. The fourth-order valence-electron chi connectivity index (χ4n) is 4.24. The molecule has 164 valence electrons. The van der Waals surface area contributed by atoms with Gasteiger partial charge in [-0.1, -0.05) is 35.9 Å². The van der Waals surface area contributed by atoms with Gasteiger partial charge in [-0.05, 0) is 75.8 Å². The lowest BCUT2D eigenvalue weighted by molar-refractivity contribution is -0.134. The van der Waals surface area contributed by atoms with Crippen molar-refractivity contribution in [2.24, 2.45) is 5.92 Å². The number of hydrogen-bond acceptors (Lipinski definition) is 3. The van der Waals surface area contributed by atoms with Gasteiger partial charge in [0.15, 0.2) is 6.10 Å². The Bertz CT molecular complexity index is 963. The van der Waals surface area contributed by atoms with Gasteiger partial charge in [0.1, 0.15) is 5.75 Å². The van der Waals surface area contributed by atoms with Crippen LogP contribution in [0.3, 0.4) is 0 Å². The van der Waals surface area contributed by atoms with Crippen molar-refractivity contribution in [2.75, 3.05) is 6.54 Å². The van der Waals surface area contributed by atoms with Crippen LogP contribution < -0.4 is 10.1 Å². The zero-order valence-corrected chi connectivity index (χ0v) is 18.9. The second kappa shape index (κ2) is 8.74. The number of nitrogens with one attached hydrogen (secondary N) is 1. The van der Waals surface area contributed by atoms with Gasteiger partial charge in [0.2, 0.25) is 5.91 Å². The highest BCUT2D eigenvalue weighted by molar-refractivity contribution is 5.82. The summed E-state index contributed by atoms with van der Waals surface area (Å²) in [4.78, 5) is 27.5. The first-order valence-electron chi connectivity index (χ1n) is 11.3. The van der Waals surface area contributed by atoms with Crippen molar-refractivity contribution in [1.29, 1.82) is 0 Å². The van der Waals surface area contributed by atoms with Crippen molar-refractivity contribution in [2.45, 2.75) is 65.1 Å². The van der Waals surface area contributed by atoms with E-state index in [0.717, 1.165) is 36.9 Å². The van der Waals surface area contributed by atoms with Gasteiger partial charge >= 0.3 is 0 Å². The lowest BCUT2D eigenvalue weighted by Crippen LogP contribution is -2.41. The van der Waals surface area contributed by atoms with E-state index >= 15 is 0 Å². The third kappa shape index (κ3) is 4.76. The van der Waals surface area contributed by atoms with E-state index in [2.05, 4.69) is 42.6 Å². The predicted octanol–water partition coefficient (Wildman–Crippen LogP) is 4.17. The number of aryl methyl sites for hydroxylation is 1. The van der Waals surface area contributed by atoms with E-state index < -0.39 is 6.10 Å². The summed E-state index contributed by atoms with van der Waals surface area (Å²) in [6.45, 7) is 8.43. The van der Waals surface area contributed by atoms with Crippen LogP contribution in [0.2, 0.25) is 0 Å². The summed E-state index contributed by atoms with van der Waals surface area (Å²) in [5.74, 6) is 0.956. The fourth-order valence-corrected chi connectivity index (χ4v) is 4.24. The molecule has 0 saturated heterocycles. The highest BCUT2D eigenvalue weighted by Gasteiger charge is 2.39. The van der Waals surface area contributed by atoms with Crippen LogP contribution in [0.15, 0.2) is 42.5 Å². The molecule has 2 aromatic carbocycles. The zero-order valence-electron chi connectivity index (χ0n) is 18.9. The number of fused-ring (bicyclic) bond motifs is 1. The van der Waals surface area contributed by atoms with Gasteiger partial charge in [-0.15, -0.1) is 0 Å². The number of ether oxygens (including phenoxy) is 1. The van der Waals surface area contributed by atoms with Crippen LogP contribution in [0.4, 0.5) is 0 Å². The van der Waals surface area contributed by atoms with E-state index in [0.29, 0.717) is 5.75 Å². The Morgan fingerprint density at radius 3 is 2.42 bits per heavy atom. The van der Waals surface area contributed by atoms with E-state index in [1.54, 1.807) is 6.92 Å². The molecule has 2 aromatic rings. The van der Waals surface area contributed by atoms with Crippen LogP contribution in [0.5, 0.6) is 5.75 Å². The van der Waals surface area contributed by atoms with Gasteiger partial charge in [-0.25, -0.2) is 0 Å². The summed E-state index contributed by atoms with van der Waals surface area (Å²) < 4.78 is 5.99. The van der Waals surface area contributed by atoms with Crippen molar-refractivity contribution in [3.63, 3.8) is 0 Å². The molecule has 0 spiro atoms. The van der Waals surface area contributed by atoms with E-state index in [-0.39, 0.29) is 29.8 Å². The second-order valence-corrected chi connectivity index (χ2v) is 9.15. The molecule has 4 rings (SSSR count). The van der Waals surface area contributed by atoms with Crippen LogP contribution >= 0.6 is 0 Å². The predicted molar refractivity (Wildman–Crippen MR) is 121 cm³/mol. The number of carbonyl (C=O) groups is 2. The number of benzene rings is 2. The molecule has 1 fully saturated rings. The molecule has 1 N–H and O–H groups in total. The Morgan fingerprint density at radius 2 is 1.77 bits per heavy atom. The summed E-state index contributed by atoms with van der Waals surface area (Å²) in [5.41, 5.74) is 4.64. The van der Waals surface area contributed by atoms with Crippen LogP contribution in [0.1, 0.15) is 61.9 Å². The highest BCUT2D eigenvalue weighted by Crippen LogP contribution is 2.41. The number of amides is 2. The Morgan fingerprint density at radius 1 is 1.06 bits per heavy atom. The van der Waals surface area contributed by atoms with E-state index in [1.165, 1.54) is 11.1 Å². The monoisotopic (exact) mass is 420 g/mol. The molecule has 5 heteroatoms. The lowest BCUT2D eigenvalue weighted by atomic mass is 9.87. The van der Waals surface area contributed by atoms with E-state index in [4.69, 9.17) is 4.74 Å². The van der Waals surface area contributed by atoms with Gasteiger partial charge in [0.05, 0.1) is 6.04 Å². The second-order valence-electron chi connectivity index (χ2n) is 9.15. The van der Waals surface area contributed by atoms with Crippen LogP contribution in [-0.2, 0) is 16.0 Å². The first-order valence-corrected chi connectivity index (χ1v) is 11.3. The molecule has 5 nitrogen and oxygen atoms in total. The van der Waals surface area contributed by atoms with Crippen molar-refractivity contribution in [3.05, 3.63) is 64.7 Å². The molecule has 1 heterocycles. The molecule has 0 radical (unpaired) electrons. The van der Waals surface area contributed by atoms with E-state index in [9.17, 15) is 9.59 Å². The average Bonchev–Trinajstić information content (AvgIpc) is 3.58. The molecule has 1 aliphatic heterocycles. The third-order valence-electron chi connectivity index (χ3n) is 6.06. The number of rotatable bonds is 6. The molecule has 0 aromatic heterocycles. The molecular formula is C26H32N2O3. The maximum absolute atomic E-state index is 13.1. The molecule has 31 heavy (non-hydrogen) atoms. The SMILES string of the molecule is Cc1ccc([C@@H]2c3cc(O[C@@H](C)C(=O)NC(C)C)ccc3CCN2C(=O)C2CC2)cc1. The van der Waals surface area contributed by atoms with Gasteiger partial charge in [-0.3, -0.25) is 9.59 Å². The van der Waals surface area contributed by atoms with Crippen LogP contribution in [0, 0.1) is 12.8 Å². The molecular weight excluding hydrogens is 388 g/mol. The summed E-state index contributed by atoms with van der Waals surface area (Å²) in [6, 6.07) is 14.4. The summed E-state index contributed by atoms with van der Waals surface area (Å²) in [5, 5.41) is 2.89. The quantitative estimate of drug-likeness (QED) is 0.763. The molecule has 0 unspecified atom stereocenters. The highest BCUT2D eigenvalue weighted by atomic mass is 16.5. The van der Waals surface area contributed by atoms with Gasteiger partial charge in [0.25, 0.3) is 5.91 Å². The Balaban J connectivity index is 1.66. The molecule has 1 saturated carbocycles. The Kier molecular flexibility index (Phi) is 6.03. The topological polar surface area (TPSA) is 58.6 Å². The van der Waals surface area contributed by atoms with E-state index in [1.807, 2.05) is 30.9 Å². The Labute approximate surface area is 184 Å². The number of carbonyl (C=O) groups excluding carboxylic acids is 2. The standard InChI is InChI=1S/C26H32N2O3/c1-16(2)27-25(29)18(4)31-22-12-11-19-13-14-28(26(30)21-9-10-21)24(23(19)15-22)20-7-5-17(3)6-8-20/h5-8,11-12,15-16,18,21,24H,9-10,13-14H2,1-4H3,(H,27,29)/t18-,24+/m0/s1. The lowest BCUT2D eigenvalue weighted by Gasteiger charge is -2.38. The molecule has 0 bridgehead atoms. The molecule has 2 atom stereocenters. The minimum absolute atomic E-state index is 0.0648. The van der Waals surface area contributed by atoms with Gasteiger partial charge < -0.3 is 15.0 Å². The normalized spacial score (nSPS) is 19.0. The minimum Gasteiger partial charge on any atom is -0.481 e. The van der Waals surface area contributed by atoms with Gasteiger partial charge in [0, 0.05) is 18.5 Å². The van der Waals surface area contributed by atoms with Crippen molar-refractivity contribution in [3.8, 4) is 5.75 Å². The van der Waals surface area contributed by atoms with Crippen LogP contribution in [0.25, 0.3) is 0 Å². The maximum atomic E-state index is 13.1. The maximum Gasteiger partial charge on any atom is 0.260 e. The first-order chi connectivity index (χ1) is 14.8. The van der Waals surface area contributed by atoms with Gasteiger partial charge in [-0.2, -0.15) is 0 Å². The van der Waals surface area contributed by atoms with Crippen molar-refractivity contribution in [1.82, 2.24) is 10.2 Å². The fraction of sp³-hybridized carbons (Fsp3) is 0.462. The molecule has 1 aliphatic carbocycles. The molecule has 2 amide bonds. The first kappa shape index (κ1) is 21.4. The summed E-state index contributed by atoms with van der Waals surface area (Å²) >= 11 is 0. The van der Waals surface area contributed by atoms with Crippen molar-refractivity contribution < 1.29 is 14.3 Å². The molecule has 2 aliphatic rings.